The van der Waals surface area contributed by atoms with Gasteiger partial charge in [-0.1, -0.05) is 12.1 Å². The first-order chi connectivity index (χ1) is 15.6. The first-order valence-corrected chi connectivity index (χ1v) is 10.9. The number of aromatic nitrogens is 3. The van der Waals surface area contributed by atoms with Gasteiger partial charge in [0.1, 0.15) is 5.75 Å². The fourth-order valence-electron chi connectivity index (χ4n) is 4.71. The number of hydrogen-bond acceptors (Lipinski definition) is 7. The Balaban J connectivity index is 1.34. The van der Waals surface area contributed by atoms with Crippen molar-refractivity contribution in [2.45, 2.75) is 25.7 Å². The summed E-state index contributed by atoms with van der Waals surface area (Å²) in [6, 6.07) is 11.4. The Morgan fingerprint density at radius 1 is 1.19 bits per heavy atom. The maximum absolute atomic E-state index is 13.0. The third-order valence-electron chi connectivity index (χ3n) is 6.51. The van der Waals surface area contributed by atoms with Gasteiger partial charge < -0.3 is 18.8 Å². The molecule has 2 aliphatic heterocycles. The number of aryl methyl sites for hydroxylation is 1. The van der Waals surface area contributed by atoms with Gasteiger partial charge in [-0.05, 0) is 49.6 Å². The first-order valence-electron chi connectivity index (χ1n) is 10.9. The number of nitrogens with zero attached hydrogens (tertiary/aromatic N) is 4. The van der Waals surface area contributed by atoms with Crippen LogP contribution in [0.25, 0.3) is 11.5 Å². The van der Waals surface area contributed by atoms with E-state index in [0.717, 1.165) is 24.0 Å². The van der Waals surface area contributed by atoms with E-state index in [1.165, 1.54) is 0 Å². The molecule has 166 valence electrons. The zero-order valence-corrected chi connectivity index (χ0v) is 18.1. The van der Waals surface area contributed by atoms with Gasteiger partial charge in [-0.25, -0.2) is 0 Å². The van der Waals surface area contributed by atoms with Crippen molar-refractivity contribution in [3.05, 3.63) is 60.2 Å². The summed E-state index contributed by atoms with van der Waals surface area (Å²) in [5.41, 5.74) is 1.80. The molecule has 2 fully saturated rings. The fourth-order valence-corrected chi connectivity index (χ4v) is 4.71. The number of carbonyl (C=O) groups is 1. The summed E-state index contributed by atoms with van der Waals surface area (Å²) in [4.78, 5) is 18.9. The molecule has 8 nitrogen and oxygen atoms in total. The van der Waals surface area contributed by atoms with Crippen LogP contribution in [-0.4, -0.2) is 58.9 Å². The van der Waals surface area contributed by atoms with Crippen molar-refractivity contribution < 1.29 is 18.7 Å². The van der Waals surface area contributed by atoms with Crippen LogP contribution in [-0.2, 0) is 9.53 Å². The molecule has 1 spiro atoms. The molecule has 5 rings (SSSR count). The second-order valence-corrected chi connectivity index (χ2v) is 8.59. The second-order valence-electron chi connectivity index (χ2n) is 8.59. The topological polar surface area (TPSA) is 90.6 Å². The summed E-state index contributed by atoms with van der Waals surface area (Å²) in [5, 5.41) is 8.63. The van der Waals surface area contributed by atoms with Crippen molar-refractivity contribution in [2.75, 3.05) is 32.9 Å². The van der Waals surface area contributed by atoms with E-state index in [1.54, 1.807) is 12.4 Å². The zero-order valence-electron chi connectivity index (χ0n) is 18.1. The van der Waals surface area contributed by atoms with Gasteiger partial charge in [-0.3, -0.25) is 9.78 Å². The Kier molecular flexibility index (Phi) is 5.61. The molecule has 2 aliphatic rings. The summed E-state index contributed by atoms with van der Waals surface area (Å²) in [6.45, 7) is 4.53. The molecule has 4 heterocycles. The van der Waals surface area contributed by atoms with Gasteiger partial charge in [0, 0.05) is 49.7 Å². The van der Waals surface area contributed by atoms with Crippen LogP contribution in [0.5, 0.6) is 5.75 Å². The van der Waals surface area contributed by atoms with Crippen LogP contribution in [0.3, 0.4) is 0 Å². The second kappa shape index (κ2) is 8.70. The quantitative estimate of drug-likeness (QED) is 0.609. The lowest BCUT2D eigenvalue weighted by atomic mass is 9.72. The molecule has 8 heteroatoms. The third-order valence-corrected chi connectivity index (χ3v) is 6.51. The van der Waals surface area contributed by atoms with Crippen LogP contribution in [0.2, 0.25) is 0 Å². The highest BCUT2D eigenvalue weighted by molar-refractivity contribution is 5.78. The van der Waals surface area contributed by atoms with Crippen LogP contribution >= 0.6 is 0 Å². The Hall–Kier alpha value is -3.26. The van der Waals surface area contributed by atoms with Gasteiger partial charge in [-0.2, -0.15) is 0 Å². The van der Waals surface area contributed by atoms with Gasteiger partial charge in [0.15, 0.2) is 6.61 Å². The highest BCUT2D eigenvalue weighted by Gasteiger charge is 2.51. The van der Waals surface area contributed by atoms with E-state index in [-0.39, 0.29) is 23.8 Å². The Labute approximate surface area is 186 Å². The molecule has 0 saturated carbocycles. The van der Waals surface area contributed by atoms with Gasteiger partial charge in [0.05, 0.1) is 5.92 Å². The van der Waals surface area contributed by atoms with Crippen molar-refractivity contribution in [1.82, 2.24) is 20.1 Å². The number of amides is 1. The largest absolute Gasteiger partial charge is 0.484 e. The van der Waals surface area contributed by atoms with Crippen molar-refractivity contribution in [3.63, 3.8) is 0 Å². The summed E-state index contributed by atoms with van der Waals surface area (Å²) in [7, 11) is 0. The average molecular weight is 434 g/mol. The Bertz CT molecular complexity index is 1080. The van der Waals surface area contributed by atoms with Crippen LogP contribution in [0.1, 0.15) is 30.2 Å². The van der Waals surface area contributed by atoms with E-state index >= 15 is 0 Å². The molecule has 0 N–H and O–H groups in total. The summed E-state index contributed by atoms with van der Waals surface area (Å²) >= 11 is 0. The molecular weight excluding hydrogens is 408 g/mol. The van der Waals surface area contributed by atoms with E-state index < -0.39 is 0 Å². The predicted octanol–water partition coefficient (Wildman–Crippen LogP) is 3.24. The van der Waals surface area contributed by atoms with Crippen molar-refractivity contribution in [3.8, 4) is 17.2 Å². The smallest absolute Gasteiger partial charge is 0.260 e. The molecule has 1 amide bonds. The highest BCUT2D eigenvalue weighted by Crippen LogP contribution is 2.49. The molecule has 2 saturated heterocycles. The minimum Gasteiger partial charge on any atom is -0.484 e. The van der Waals surface area contributed by atoms with Crippen molar-refractivity contribution in [2.24, 2.45) is 5.41 Å². The molecule has 0 aliphatic carbocycles. The van der Waals surface area contributed by atoms with Gasteiger partial charge >= 0.3 is 0 Å². The lowest BCUT2D eigenvalue weighted by Crippen LogP contribution is -2.38. The molecule has 1 unspecified atom stereocenters. The van der Waals surface area contributed by atoms with E-state index in [1.807, 2.05) is 48.2 Å². The number of pyridine rings is 1. The van der Waals surface area contributed by atoms with Gasteiger partial charge in [0.2, 0.25) is 11.8 Å². The standard InChI is InChI=1S/C24H26N4O4/c1-17-3-2-4-19(13-17)31-15-21(29)28-14-20(24(16-28)7-11-30-12-8-24)23-27-26-22(32-23)18-5-9-25-10-6-18/h2-6,9-10,13,20H,7-8,11-12,14-16H2,1H3. The molecule has 32 heavy (non-hydrogen) atoms. The summed E-state index contributed by atoms with van der Waals surface area (Å²) in [6.07, 6.45) is 5.10. The minimum absolute atomic E-state index is 0.00878. The van der Waals surface area contributed by atoms with E-state index in [4.69, 9.17) is 13.9 Å². The SMILES string of the molecule is Cc1cccc(OCC(=O)N2CC(c3nnc(-c4ccncc4)o3)C3(CCOCC3)C2)c1. The highest BCUT2D eigenvalue weighted by atomic mass is 16.5. The van der Waals surface area contributed by atoms with Crippen LogP contribution in [0.4, 0.5) is 0 Å². The van der Waals surface area contributed by atoms with Crippen molar-refractivity contribution >= 4 is 5.91 Å². The Morgan fingerprint density at radius 2 is 2.00 bits per heavy atom. The van der Waals surface area contributed by atoms with E-state index in [9.17, 15) is 4.79 Å². The number of ether oxygens (including phenoxy) is 2. The minimum atomic E-state index is -0.126. The maximum atomic E-state index is 13.0. The summed E-state index contributed by atoms with van der Waals surface area (Å²) in [5.74, 6) is 1.69. The van der Waals surface area contributed by atoms with Crippen LogP contribution in [0, 0.1) is 12.3 Å². The Morgan fingerprint density at radius 3 is 2.78 bits per heavy atom. The van der Waals surface area contributed by atoms with Crippen molar-refractivity contribution in [1.29, 1.82) is 0 Å². The third kappa shape index (κ3) is 4.10. The van der Waals surface area contributed by atoms with Crippen LogP contribution < -0.4 is 4.74 Å². The van der Waals surface area contributed by atoms with E-state index in [0.29, 0.717) is 43.8 Å². The summed E-state index contributed by atoms with van der Waals surface area (Å²) < 4.78 is 17.5. The fraction of sp³-hybridized carbons (Fsp3) is 0.417. The molecule has 1 atom stereocenters. The molecule has 3 aromatic rings. The van der Waals surface area contributed by atoms with Gasteiger partial charge in [-0.15, -0.1) is 10.2 Å². The number of carbonyl (C=O) groups excluding carboxylic acids is 1. The monoisotopic (exact) mass is 434 g/mol. The predicted molar refractivity (Wildman–Crippen MR) is 116 cm³/mol. The number of benzene rings is 1. The van der Waals surface area contributed by atoms with Gasteiger partial charge in [0.25, 0.3) is 5.91 Å². The average Bonchev–Trinajstić information content (AvgIpc) is 3.44. The number of likely N-dealkylation sites (tertiary alicyclic amines) is 1. The van der Waals surface area contributed by atoms with Crippen LogP contribution in [0.15, 0.2) is 53.2 Å². The zero-order chi connectivity index (χ0) is 22.0. The lowest BCUT2D eigenvalue weighted by molar-refractivity contribution is -0.133. The maximum Gasteiger partial charge on any atom is 0.260 e. The molecule has 0 bridgehead atoms. The molecule has 0 radical (unpaired) electrons. The normalized spacial score (nSPS) is 19.9. The number of hydrogen-bond donors (Lipinski definition) is 0. The molecule has 2 aromatic heterocycles. The number of rotatable bonds is 5. The molecular formula is C24H26N4O4. The van der Waals surface area contributed by atoms with E-state index in [2.05, 4.69) is 15.2 Å². The lowest BCUT2D eigenvalue weighted by Gasteiger charge is -2.36. The molecule has 1 aromatic carbocycles. The first kappa shape index (κ1) is 20.6.